The minimum Gasteiger partial charge on any atom is -0.385 e. The molecule has 154 valence electrons. The average molecular weight is 480 g/mol. The van der Waals surface area contributed by atoms with E-state index >= 15 is 0 Å². The average Bonchev–Trinajstić information content (AvgIpc) is 3.31. The Morgan fingerprint density at radius 1 is 1.12 bits per heavy atom. The lowest BCUT2D eigenvalue weighted by Crippen LogP contribution is -2.46. The molecule has 2 aliphatic rings. The van der Waals surface area contributed by atoms with Crippen molar-refractivity contribution in [3.63, 3.8) is 0 Å². The van der Waals surface area contributed by atoms with Crippen molar-refractivity contribution in [1.29, 1.82) is 0 Å². The number of methoxy groups -OCH3 is 1. The quantitative estimate of drug-likeness (QED) is 0.285. The van der Waals surface area contributed by atoms with E-state index in [0.717, 1.165) is 38.6 Å². The second-order valence-electron chi connectivity index (χ2n) is 7.83. The molecule has 2 rings (SSSR count). The predicted molar refractivity (Wildman–Crippen MR) is 122 cm³/mol. The zero-order chi connectivity index (χ0) is 18.0. The van der Waals surface area contributed by atoms with E-state index in [9.17, 15) is 0 Å². The summed E-state index contributed by atoms with van der Waals surface area (Å²) in [4.78, 5) is 7.61. The number of aliphatic imine (C=N–C) groups is 1. The molecule has 1 aliphatic carbocycles. The lowest BCUT2D eigenvalue weighted by molar-refractivity contribution is 0.141. The number of halogens is 1. The summed E-state index contributed by atoms with van der Waals surface area (Å²) in [5.74, 6) is 0.990. The van der Waals surface area contributed by atoms with Crippen LogP contribution in [0.2, 0.25) is 0 Å². The van der Waals surface area contributed by atoms with E-state index < -0.39 is 0 Å². The molecule has 1 saturated carbocycles. The topological polar surface area (TPSA) is 48.9 Å². The van der Waals surface area contributed by atoms with Crippen molar-refractivity contribution < 1.29 is 4.74 Å². The van der Waals surface area contributed by atoms with Gasteiger partial charge in [-0.25, -0.2) is 0 Å². The number of rotatable bonds is 10. The second kappa shape index (κ2) is 13.2. The van der Waals surface area contributed by atoms with Gasteiger partial charge < -0.3 is 15.4 Å². The molecule has 0 aromatic heterocycles. The Bertz CT molecular complexity index is 393. The van der Waals surface area contributed by atoms with Gasteiger partial charge in [0.2, 0.25) is 0 Å². The molecule has 2 fully saturated rings. The predicted octanol–water partition coefficient (Wildman–Crippen LogP) is 3.63. The molecule has 1 unspecified atom stereocenters. The van der Waals surface area contributed by atoms with E-state index in [4.69, 9.17) is 9.73 Å². The summed E-state index contributed by atoms with van der Waals surface area (Å²) in [6.07, 6.45) is 10.3. The Labute approximate surface area is 178 Å². The normalized spacial score (nSPS) is 21.4. The highest BCUT2D eigenvalue weighted by Gasteiger charge is 2.33. The van der Waals surface area contributed by atoms with Crippen LogP contribution < -0.4 is 10.6 Å². The summed E-state index contributed by atoms with van der Waals surface area (Å²) in [6, 6.07) is 0.625. The maximum absolute atomic E-state index is 5.35. The van der Waals surface area contributed by atoms with Crippen LogP contribution in [0, 0.1) is 5.41 Å². The van der Waals surface area contributed by atoms with Gasteiger partial charge in [0.1, 0.15) is 0 Å². The van der Waals surface area contributed by atoms with Gasteiger partial charge in [-0.2, -0.15) is 0 Å². The van der Waals surface area contributed by atoms with E-state index in [1.165, 1.54) is 58.0 Å². The first-order valence-corrected chi connectivity index (χ1v) is 10.5. The zero-order valence-corrected chi connectivity index (χ0v) is 19.5. The van der Waals surface area contributed by atoms with Gasteiger partial charge >= 0.3 is 0 Å². The largest absolute Gasteiger partial charge is 0.385 e. The van der Waals surface area contributed by atoms with Gasteiger partial charge in [0, 0.05) is 39.4 Å². The van der Waals surface area contributed by atoms with E-state index in [0.29, 0.717) is 11.5 Å². The molecule has 1 heterocycles. The van der Waals surface area contributed by atoms with Gasteiger partial charge in [-0.1, -0.05) is 19.8 Å². The van der Waals surface area contributed by atoms with Gasteiger partial charge in [0.25, 0.3) is 0 Å². The van der Waals surface area contributed by atoms with E-state index in [-0.39, 0.29) is 24.0 Å². The van der Waals surface area contributed by atoms with Crippen molar-refractivity contribution in [2.75, 3.05) is 46.4 Å². The fourth-order valence-corrected chi connectivity index (χ4v) is 4.37. The van der Waals surface area contributed by atoms with Crippen LogP contribution in [0.1, 0.15) is 65.2 Å². The van der Waals surface area contributed by atoms with Crippen LogP contribution in [0.25, 0.3) is 0 Å². The third kappa shape index (κ3) is 7.50. The molecule has 1 atom stereocenters. The summed E-state index contributed by atoms with van der Waals surface area (Å²) in [7, 11) is 1.81. The molecule has 6 heteroatoms. The molecule has 2 N–H and O–H groups in total. The zero-order valence-electron chi connectivity index (χ0n) is 17.2. The van der Waals surface area contributed by atoms with Crippen LogP contribution in [0.15, 0.2) is 4.99 Å². The van der Waals surface area contributed by atoms with E-state index in [1.54, 1.807) is 7.11 Å². The number of nitrogens with zero attached hydrogens (tertiary/aromatic N) is 2. The van der Waals surface area contributed by atoms with Crippen LogP contribution in [0.3, 0.4) is 0 Å². The van der Waals surface area contributed by atoms with Gasteiger partial charge in [-0.3, -0.25) is 9.89 Å². The monoisotopic (exact) mass is 480 g/mol. The number of hydrogen-bond donors (Lipinski definition) is 2. The SMILES string of the molecule is CCNC(=NCC1(CCOC)CCCC1)NCC(CC)N1CCCC1.I. The van der Waals surface area contributed by atoms with Gasteiger partial charge in [-0.05, 0) is 64.0 Å². The van der Waals surface area contributed by atoms with Crippen LogP contribution in [-0.2, 0) is 4.74 Å². The summed E-state index contributed by atoms with van der Waals surface area (Å²) in [5.41, 5.74) is 0.359. The van der Waals surface area contributed by atoms with E-state index in [2.05, 4.69) is 29.4 Å². The minimum atomic E-state index is 0. The Kier molecular flexibility index (Phi) is 12.1. The Hall–Kier alpha value is -0.0800. The maximum atomic E-state index is 5.35. The highest BCUT2D eigenvalue weighted by Crippen LogP contribution is 2.41. The van der Waals surface area contributed by atoms with Gasteiger partial charge in [0.15, 0.2) is 5.96 Å². The van der Waals surface area contributed by atoms with Crippen LogP contribution in [-0.4, -0.2) is 63.3 Å². The number of likely N-dealkylation sites (tertiary alicyclic amines) is 1. The van der Waals surface area contributed by atoms with Crippen LogP contribution in [0.5, 0.6) is 0 Å². The third-order valence-electron chi connectivity index (χ3n) is 6.05. The highest BCUT2D eigenvalue weighted by atomic mass is 127. The summed E-state index contributed by atoms with van der Waals surface area (Å²) < 4.78 is 5.35. The number of ether oxygens (including phenoxy) is 1. The molecule has 1 aliphatic heterocycles. The van der Waals surface area contributed by atoms with Crippen molar-refractivity contribution in [3.05, 3.63) is 0 Å². The number of guanidine groups is 1. The molecule has 0 aromatic carbocycles. The second-order valence-corrected chi connectivity index (χ2v) is 7.83. The summed E-state index contributed by atoms with van der Waals surface area (Å²) in [6.45, 7) is 10.6. The fourth-order valence-electron chi connectivity index (χ4n) is 4.37. The van der Waals surface area contributed by atoms with Crippen molar-refractivity contribution in [1.82, 2.24) is 15.5 Å². The van der Waals surface area contributed by atoms with Crippen molar-refractivity contribution in [3.8, 4) is 0 Å². The Morgan fingerprint density at radius 3 is 2.38 bits per heavy atom. The molecule has 0 radical (unpaired) electrons. The smallest absolute Gasteiger partial charge is 0.191 e. The highest BCUT2D eigenvalue weighted by molar-refractivity contribution is 14.0. The molecule has 26 heavy (non-hydrogen) atoms. The first kappa shape index (κ1) is 24.0. The summed E-state index contributed by atoms with van der Waals surface area (Å²) >= 11 is 0. The summed E-state index contributed by atoms with van der Waals surface area (Å²) in [5, 5.41) is 7.05. The lowest BCUT2D eigenvalue weighted by atomic mass is 9.83. The first-order chi connectivity index (χ1) is 12.2. The lowest BCUT2D eigenvalue weighted by Gasteiger charge is -2.29. The molecule has 0 aromatic rings. The first-order valence-electron chi connectivity index (χ1n) is 10.5. The van der Waals surface area contributed by atoms with E-state index in [1.807, 2.05) is 0 Å². The minimum absolute atomic E-state index is 0. The number of hydrogen-bond acceptors (Lipinski definition) is 3. The molecule has 5 nitrogen and oxygen atoms in total. The van der Waals surface area contributed by atoms with Gasteiger partial charge in [0.05, 0.1) is 0 Å². The molecule has 0 bridgehead atoms. The third-order valence-corrected chi connectivity index (χ3v) is 6.05. The van der Waals surface area contributed by atoms with Crippen molar-refractivity contribution in [2.45, 2.75) is 71.3 Å². The molecule has 0 spiro atoms. The molecular weight excluding hydrogens is 439 g/mol. The Morgan fingerprint density at radius 2 is 1.81 bits per heavy atom. The number of nitrogens with one attached hydrogen (secondary N) is 2. The van der Waals surface area contributed by atoms with Crippen molar-refractivity contribution in [2.24, 2.45) is 10.4 Å². The fraction of sp³-hybridized carbons (Fsp3) is 0.950. The van der Waals surface area contributed by atoms with Gasteiger partial charge in [-0.15, -0.1) is 24.0 Å². The Balaban J connectivity index is 0.00000338. The molecule has 1 saturated heterocycles. The standard InChI is InChI=1S/C20H40N4O.HI/c1-4-18(24-13-8-9-14-24)16-22-19(21-5-2)23-17-20(12-15-25-3)10-6-7-11-20;/h18H,4-17H2,1-3H3,(H2,21,22,23);1H. The van der Waals surface area contributed by atoms with Crippen LogP contribution in [0.4, 0.5) is 0 Å². The molecule has 0 amide bonds. The van der Waals surface area contributed by atoms with Crippen molar-refractivity contribution >= 4 is 29.9 Å². The maximum Gasteiger partial charge on any atom is 0.191 e. The van der Waals surface area contributed by atoms with Crippen LogP contribution >= 0.6 is 24.0 Å². The molecular formula is C20H41IN4O.